The fourth-order valence-corrected chi connectivity index (χ4v) is 2.35. The van der Waals surface area contributed by atoms with Gasteiger partial charge in [0.2, 0.25) is 5.91 Å². The molecule has 3 atom stereocenters. The number of benzene rings is 1. The van der Waals surface area contributed by atoms with E-state index in [1.54, 1.807) is 0 Å². The Hall–Kier alpha value is -1.36. The second-order valence-electron chi connectivity index (χ2n) is 4.57. The minimum atomic E-state index is -0.884. The molecule has 1 aliphatic carbocycles. The third-order valence-electron chi connectivity index (χ3n) is 3.15. The van der Waals surface area contributed by atoms with E-state index in [1.807, 2.05) is 31.2 Å². The van der Waals surface area contributed by atoms with Gasteiger partial charge in [0.25, 0.3) is 0 Å². The predicted octanol–water partition coefficient (Wildman–Crippen LogP) is 2.35. The first-order chi connectivity index (χ1) is 8.49. The number of hydrogen-bond acceptors (Lipinski definition) is 2. The number of carbonyl (C=O) groups is 2. The number of rotatable bonds is 4. The zero-order chi connectivity index (χ0) is 13.3. The summed E-state index contributed by atoms with van der Waals surface area (Å²) in [4.78, 5) is 22.5. The first kappa shape index (κ1) is 13.1. The first-order valence-corrected chi connectivity index (χ1v) is 6.57. The molecule has 1 saturated carbocycles. The molecule has 2 rings (SSSR count). The van der Waals surface area contributed by atoms with Gasteiger partial charge >= 0.3 is 5.97 Å². The van der Waals surface area contributed by atoms with Crippen molar-refractivity contribution in [2.24, 2.45) is 11.8 Å². The molecule has 96 valence electrons. The zero-order valence-electron chi connectivity index (χ0n) is 9.89. The van der Waals surface area contributed by atoms with Crippen LogP contribution in [0.3, 0.4) is 0 Å². The lowest BCUT2D eigenvalue weighted by molar-refractivity contribution is -0.140. The van der Waals surface area contributed by atoms with E-state index in [1.165, 1.54) is 0 Å². The summed E-state index contributed by atoms with van der Waals surface area (Å²) in [6, 6.07) is 7.56. The molecule has 1 aromatic carbocycles. The van der Waals surface area contributed by atoms with Crippen molar-refractivity contribution in [3.8, 4) is 0 Å². The molecule has 3 unspecified atom stereocenters. The van der Waals surface area contributed by atoms with Crippen molar-refractivity contribution < 1.29 is 14.7 Å². The summed E-state index contributed by atoms with van der Waals surface area (Å²) in [5, 5.41) is 11.6. The van der Waals surface area contributed by atoms with Gasteiger partial charge in [-0.2, -0.15) is 0 Å². The lowest BCUT2D eigenvalue weighted by Gasteiger charge is -2.14. The summed E-state index contributed by atoms with van der Waals surface area (Å²) in [6.45, 7) is 1.89. The van der Waals surface area contributed by atoms with Gasteiger partial charge in [-0.15, -0.1) is 0 Å². The van der Waals surface area contributed by atoms with Crippen LogP contribution in [0.2, 0.25) is 0 Å². The minimum Gasteiger partial charge on any atom is -0.481 e. The molecule has 0 spiro atoms. The lowest BCUT2D eigenvalue weighted by Crippen LogP contribution is -2.29. The Labute approximate surface area is 114 Å². The van der Waals surface area contributed by atoms with E-state index in [4.69, 9.17) is 5.11 Å². The monoisotopic (exact) mass is 311 g/mol. The largest absolute Gasteiger partial charge is 0.481 e. The number of hydrogen-bond donors (Lipinski definition) is 2. The molecule has 18 heavy (non-hydrogen) atoms. The number of amides is 1. The molecule has 0 aliphatic heterocycles. The summed E-state index contributed by atoms with van der Waals surface area (Å²) in [7, 11) is 0. The van der Waals surface area contributed by atoms with E-state index in [2.05, 4.69) is 21.2 Å². The normalized spacial score (nSPS) is 23.2. The van der Waals surface area contributed by atoms with E-state index in [0.29, 0.717) is 6.42 Å². The van der Waals surface area contributed by atoms with E-state index in [9.17, 15) is 9.59 Å². The summed E-state index contributed by atoms with van der Waals surface area (Å²) in [5.41, 5.74) is 0.991. The van der Waals surface area contributed by atoms with Gasteiger partial charge in [0.05, 0.1) is 17.9 Å². The van der Waals surface area contributed by atoms with E-state index >= 15 is 0 Å². The number of carbonyl (C=O) groups excluding carboxylic acids is 1. The van der Waals surface area contributed by atoms with Gasteiger partial charge in [-0.3, -0.25) is 9.59 Å². The van der Waals surface area contributed by atoms with Crippen LogP contribution >= 0.6 is 15.9 Å². The number of nitrogens with one attached hydrogen (secondary N) is 1. The van der Waals surface area contributed by atoms with Crippen molar-refractivity contribution in [3.63, 3.8) is 0 Å². The Kier molecular flexibility index (Phi) is 3.71. The van der Waals surface area contributed by atoms with E-state index in [0.717, 1.165) is 10.0 Å². The number of halogens is 1. The van der Waals surface area contributed by atoms with Crippen LogP contribution in [0.25, 0.3) is 0 Å². The quantitative estimate of drug-likeness (QED) is 0.897. The van der Waals surface area contributed by atoms with Crippen molar-refractivity contribution in [3.05, 3.63) is 34.3 Å². The van der Waals surface area contributed by atoms with Gasteiger partial charge in [0, 0.05) is 4.47 Å². The Bertz CT molecular complexity index is 489. The number of carboxylic acids is 1. The van der Waals surface area contributed by atoms with Crippen LogP contribution in [-0.4, -0.2) is 17.0 Å². The standard InChI is InChI=1S/C13H14BrNO3/c1-7(8-3-2-4-9(14)5-8)15-12(16)10-6-11(10)13(17)18/h2-5,7,10-11H,6H2,1H3,(H,15,16)(H,17,18). The molecule has 0 aromatic heterocycles. The van der Waals surface area contributed by atoms with E-state index < -0.39 is 11.9 Å². The molecule has 1 aliphatic rings. The topological polar surface area (TPSA) is 66.4 Å². The zero-order valence-corrected chi connectivity index (χ0v) is 11.5. The van der Waals surface area contributed by atoms with Crippen LogP contribution in [-0.2, 0) is 9.59 Å². The highest BCUT2D eigenvalue weighted by Gasteiger charge is 2.48. The molecule has 0 heterocycles. The molecule has 2 N–H and O–H groups in total. The Balaban J connectivity index is 1.94. The highest BCUT2D eigenvalue weighted by Crippen LogP contribution is 2.39. The molecule has 0 bridgehead atoms. The SMILES string of the molecule is CC(NC(=O)C1CC1C(=O)O)c1cccc(Br)c1. The van der Waals surface area contributed by atoms with Crippen molar-refractivity contribution in [1.82, 2.24) is 5.32 Å². The molecular formula is C13H14BrNO3. The first-order valence-electron chi connectivity index (χ1n) is 5.77. The highest BCUT2D eigenvalue weighted by atomic mass is 79.9. The maximum absolute atomic E-state index is 11.8. The predicted molar refractivity (Wildman–Crippen MR) is 69.9 cm³/mol. The second-order valence-corrected chi connectivity index (χ2v) is 5.49. The maximum Gasteiger partial charge on any atom is 0.307 e. The summed E-state index contributed by atoms with van der Waals surface area (Å²) >= 11 is 3.38. The van der Waals surface area contributed by atoms with Gasteiger partial charge in [-0.1, -0.05) is 28.1 Å². The molecule has 0 radical (unpaired) electrons. The molecule has 1 fully saturated rings. The summed E-state index contributed by atoms with van der Waals surface area (Å²) < 4.78 is 0.955. The molecule has 0 saturated heterocycles. The van der Waals surface area contributed by atoms with Crippen molar-refractivity contribution >= 4 is 27.8 Å². The average molecular weight is 312 g/mol. The fourth-order valence-electron chi connectivity index (χ4n) is 1.94. The van der Waals surface area contributed by atoms with Gasteiger partial charge in [-0.25, -0.2) is 0 Å². The van der Waals surface area contributed by atoms with Gasteiger partial charge < -0.3 is 10.4 Å². The molecule has 1 amide bonds. The highest BCUT2D eigenvalue weighted by molar-refractivity contribution is 9.10. The Morgan fingerprint density at radius 2 is 2.17 bits per heavy atom. The molecular weight excluding hydrogens is 298 g/mol. The smallest absolute Gasteiger partial charge is 0.307 e. The van der Waals surface area contributed by atoms with Crippen LogP contribution in [0.5, 0.6) is 0 Å². The number of carboxylic acid groups (broad SMARTS) is 1. The average Bonchev–Trinajstić information content (AvgIpc) is 3.08. The minimum absolute atomic E-state index is 0.120. The molecule has 1 aromatic rings. The molecule has 5 heteroatoms. The van der Waals surface area contributed by atoms with Gasteiger partial charge in [0.1, 0.15) is 0 Å². The van der Waals surface area contributed by atoms with Gasteiger partial charge in [0.15, 0.2) is 0 Å². The van der Waals surface area contributed by atoms with Crippen molar-refractivity contribution in [1.29, 1.82) is 0 Å². The third kappa shape index (κ3) is 2.90. The van der Waals surface area contributed by atoms with Crippen molar-refractivity contribution in [2.75, 3.05) is 0 Å². The summed E-state index contributed by atoms with van der Waals surface area (Å²) in [6.07, 6.45) is 0.451. The summed E-state index contributed by atoms with van der Waals surface area (Å²) in [5.74, 6) is -1.92. The van der Waals surface area contributed by atoms with E-state index in [-0.39, 0.29) is 17.9 Å². The lowest BCUT2D eigenvalue weighted by atomic mass is 10.1. The fraction of sp³-hybridized carbons (Fsp3) is 0.385. The Morgan fingerprint density at radius 1 is 1.44 bits per heavy atom. The van der Waals surface area contributed by atoms with Crippen molar-refractivity contribution in [2.45, 2.75) is 19.4 Å². The second kappa shape index (κ2) is 5.10. The third-order valence-corrected chi connectivity index (χ3v) is 3.65. The van der Waals surface area contributed by atoms with Gasteiger partial charge in [-0.05, 0) is 31.0 Å². The van der Waals surface area contributed by atoms with Crippen LogP contribution in [0, 0.1) is 11.8 Å². The van der Waals surface area contributed by atoms with Crippen LogP contribution < -0.4 is 5.32 Å². The van der Waals surface area contributed by atoms with Crippen LogP contribution in [0.15, 0.2) is 28.7 Å². The maximum atomic E-state index is 11.8. The molecule has 4 nitrogen and oxygen atoms in total. The van der Waals surface area contributed by atoms with Crippen LogP contribution in [0.1, 0.15) is 24.9 Å². The number of aliphatic carboxylic acids is 1. The van der Waals surface area contributed by atoms with Crippen LogP contribution in [0.4, 0.5) is 0 Å². The Morgan fingerprint density at radius 3 is 2.72 bits per heavy atom.